The van der Waals surface area contributed by atoms with Crippen LogP contribution in [-0.2, 0) is 45.0 Å². The number of aliphatic hydroxyl groups is 1. The predicted octanol–water partition coefficient (Wildman–Crippen LogP) is 9.14. The van der Waals surface area contributed by atoms with Crippen LogP contribution in [0.2, 0.25) is 5.02 Å². The van der Waals surface area contributed by atoms with Gasteiger partial charge in [0.05, 0.1) is 28.6 Å². The Morgan fingerprint density at radius 3 is 2.13 bits per heavy atom. The molecule has 366 valence electrons. The van der Waals surface area contributed by atoms with Crippen LogP contribution >= 0.6 is 19.6 Å². The molecular formula is C49H55ClF3N2O12P. The molecule has 0 fully saturated rings. The Bertz CT molecular complexity index is 2640. The molecule has 1 spiro atoms. The fourth-order valence-corrected chi connectivity index (χ4v) is 8.90. The monoisotopic (exact) mass is 986 g/mol. The third-order valence-electron chi connectivity index (χ3n) is 11.3. The fraction of sp³-hybridized carbons (Fsp3) is 0.449. The Morgan fingerprint density at radius 1 is 0.809 bits per heavy atom. The standard InChI is InChI=1S/C49H55ClF3N2O12P/c1-46(2,3)44(60)65-35-27-36-38(31-16-10-9-15-30(31)35)48(33-26-29(18-19-32(33)42(58)67-48)68(62)63-24-14-12-22-55-43(59)49(51,52)53)34-25-28(17-20-37(57)54-21-11-7-8-13-23-56)40(39(50)41(34)64-36)66-45(61)47(4,5)6/h9-10,15-16,18-19,25-27,56,68H,7-8,11-14,17,20-24H2,1-6H3,(H,54,57)(H,55,59). The SMILES string of the molecule is CC(C)(C)C(=O)Oc1c(CCC(=O)NCCCCCCO)cc2c(c1Cl)Oc1cc(OC(=O)C(C)(C)C)c3ccccc3c1C21OC(=O)c2ccc([PH](=O)OCCCCNC(=O)C(F)(F)F)cc21. The van der Waals surface area contributed by atoms with Gasteiger partial charge in [0.2, 0.25) is 13.9 Å². The number of esters is 3. The number of unbranched alkanes of at least 4 members (excludes halogenated alkanes) is 4. The van der Waals surface area contributed by atoms with Crippen LogP contribution in [0.25, 0.3) is 10.8 Å². The molecule has 2 atom stereocenters. The summed E-state index contributed by atoms with van der Waals surface area (Å²) in [5, 5.41) is 14.6. The smallest absolute Gasteiger partial charge is 0.455 e. The molecule has 0 saturated carbocycles. The number of hydrogen-bond donors (Lipinski definition) is 3. The van der Waals surface area contributed by atoms with E-state index >= 15 is 0 Å². The van der Waals surface area contributed by atoms with E-state index in [0.29, 0.717) is 35.7 Å². The fourth-order valence-electron chi connectivity index (χ4n) is 7.62. The molecule has 14 nitrogen and oxygen atoms in total. The number of benzene rings is 4. The summed E-state index contributed by atoms with van der Waals surface area (Å²) in [6.07, 6.45) is -1.87. The number of aryl methyl sites for hydroxylation is 1. The van der Waals surface area contributed by atoms with Crippen LogP contribution in [0.15, 0.2) is 54.6 Å². The first-order valence-electron chi connectivity index (χ1n) is 22.3. The lowest BCUT2D eigenvalue weighted by atomic mass is 9.75. The van der Waals surface area contributed by atoms with E-state index in [4.69, 9.17) is 40.2 Å². The molecule has 19 heteroatoms. The van der Waals surface area contributed by atoms with E-state index in [0.717, 1.165) is 12.8 Å². The number of aliphatic hydroxyl groups excluding tert-OH is 1. The Hall–Kier alpha value is -5.48. The lowest BCUT2D eigenvalue weighted by Gasteiger charge is -2.39. The molecular weight excluding hydrogens is 932 g/mol. The highest BCUT2D eigenvalue weighted by atomic mass is 35.5. The zero-order valence-electron chi connectivity index (χ0n) is 38.6. The summed E-state index contributed by atoms with van der Waals surface area (Å²) < 4.78 is 82.6. The number of rotatable bonds is 18. The Kier molecular flexibility index (Phi) is 16.0. The third-order valence-corrected chi connectivity index (χ3v) is 12.9. The van der Waals surface area contributed by atoms with Crippen LogP contribution in [0.5, 0.6) is 23.0 Å². The van der Waals surface area contributed by atoms with Gasteiger partial charge in [0.15, 0.2) is 17.1 Å². The highest BCUT2D eigenvalue weighted by Gasteiger charge is 2.56. The lowest BCUT2D eigenvalue weighted by molar-refractivity contribution is -0.173. The molecule has 2 heterocycles. The van der Waals surface area contributed by atoms with Gasteiger partial charge in [-0.15, -0.1) is 0 Å². The van der Waals surface area contributed by atoms with E-state index in [-0.39, 0.29) is 107 Å². The van der Waals surface area contributed by atoms with Gasteiger partial charge in [-0.05, 0) is 109 Å². The van der Waals surface area contributed by atoms with E-state index in [2.05, 4.69) is 5.32 Å². The van der Waals surface area contributed by atoms with E-state index in [1.54, 1.807) is 77.2 Å². The van der Waals surface area contributed by atoms with E-state index in [1.165, 1.54) is 24.3 Å². The molecule has 0 aromatic heterocycles. The molecule has 2 unspecified atom stereocenters. The number of carbonyl (C=O) groups excluding carboxylic acids is 5. The summed E-state index contributed by atoms with van der Waals surface area (Å²) in [5.41, 5.74) is -2.86. The minimum Gasteiger partial charge on any atom is -0.455 e. The van der Waals surface area contributed by atoms with Crippen molar-refractivity contribution in [2.75, 3.05) is 26.3 Å². The molecule has 2 aliphatic heterocycles. The van der Waals surface area contributed by atoms with Gasteiger partial charge in [-0.2, -0.15) is 13.2 Å². The van der Waals surface area contributed by atoms with Crippen molar-refractivity contribution in [3.05, 3.63) is 87.4 Å². The van der Waals surface area contributed by atoms with Crippen LogP contribution in [0, 0.1) is 10.8 Å². The van der Waals surface area contributed by atoms with E-state index in [9.17, 15) is 41.7 Å². The maximum absolute atomic E-state index is 14.3. The largest absolute Gasteiger partial charge is 0.471 e. The topological polar surface area (TPSA) is 193 Å². The molecule has 6 rings (SSSR count). The van der Waals surface area contributed by atoms with Gasteiger partial charge in [-0.25, -0.2) is 4.79 Å². The Labute approximate surface area is 397 Å². The van der Waals surface area contributed by atoms with Crippen LogP contribution < -0.4 is 30.1 Å². The molecule has 0 saturated heterocycles. The second-order valence-electron chi connectivity index (χ2n) is 18.6. The van der Waals surface area contributed by atoms with Crippen LogP contribution in [0.1, 0.15) is 119 Å². The number of fused-ring (bicyclic) bond motifs is 8. The van der Waals surface area contributed by atoms with E-state index < -0.39 is 54.5 Å². The van der Waals surface area contributed by atoms with Crippen molar-refractivity contribution >= 4 is 65.4 Å². The summed E-state index contributed by atoms with van der Waals surface area (Å²) in [4.78, 5) is 65.7. The minimum atomic E-state index is -5.02. The number of amides is 2. The molecule has 0 bridgehead atoms. The van der Waals surface area contributed by atoms with Crippen molar-refractivity contribution in [2.45, 2.75) is 105 Å². The highest BCUT2D eigenvalue weighted by molar-refractivity contribution is 7.48. The zero-order valence-corrected chi connectivity index (χ0v) is 40.4. The summed E-state index contributed by atoms with van der Waals surface area (Å²) in [6, 6.07) is 14.4. The predicted molar refractivity (Wildman–Crippen MR) is 247 cm³/mol. The number of carbonyl (C=O) groups is 5. The van der Waals surface area contributed by atoms with Gasteiger partial charge in [-0.1, -0.05) is 48.7 Å². The molecule has 2 amide bonds. The van der Waals surface area contributed by atoms with Crippen molar-refractivity contribution in [3.63, 3.8) is 0 Å². The van der Waals surface area contributed by atoms with Crippen molar-refractivity contribution < 1.29 is 70.3 Å². The van der Waals surface area contributed by atoms with Gasteiger partial charge in [0.25, 0.3) is 0 Å². The van der Waals surface area contributed by atoms with Crippen molar-refractivity contribution in [1.29, 1.82) is 0 Å². The molecule has 4 aromatic rings. The van der Waals surface area contributed by atoms with Gasteiger partial charge >= 0.3 is 30.0 Å². The zero-order chi connectivity index (χ0) is 49.8. The number of ether oxygens (including phenoxy) is 4. The van der Waals surface area contributed by atoms with Gasteiger partial charge in [0.1, 0.15) is 16.5 Å². The number of halogens is 4. The second-order valence-corrected chi connectivity index (χ2v) is 20.5. The van der Waals surface area contributed by atoms with Crippen LogP contribution in [-0.4, -0.2) is 67.3 Å². The van der Waals surface area contributed by atoms with Gasteiger partial charge in [-0.3, -0.25) is 23.7 Å². The first-order valence-corrected chi connectivity index (χ1v) is 24.0. The first kappa shape index (κ1) is 51.9. The molecule has 2 aliphatic rings. The minimum absolute atomic E-state index is 0.0102. The maximum Gasteiger partial charge on any atom is 0.471 e. The molecule has 4 aromatic carbocycles. The summed E-state index contributed by atoms with van der Waals surface area (Å²) >= 11 is 7.30. The normalized spacial score (nSPS) is 15.7. The van der Waals surface area contributed by atoms with Crippen LogP contribution in [0.3, 0.4) is 0 Å². The average molecular weight is 987 g/mol. The molecule has 68 heavy (non-hydrogen) atoms. The average Bonchev–Trinajstić information content (AvgIpc) is 3.56. The van der Waals surface area contributed by atoms with Crippen LogP contribution in [0.4, 0.5) is 13.2 Å². The number of hydrogen-bond acceptors (Lipinski definition) is 12. The Balaban J connectivity index is 1.50. The summed E-state index contributed by atoms with van der Waals surface area (Å²) in [7, 11) is -3.11. The highest BCUT2D eigenvalue weighted by Crippen LogP contribution is 2.62. The number of nitrogens with one attached hydrogen (secondary N) is 2. The Morgan fingerprint density at radius 2 is 1.46 bits per heavy atom. The lowest BCUT2D eigenvalue weighted by Crippen LogP contribution is -2.37. The summed E-state index contributed by atoms with van der Waals surface area (Å²) in [5.74, 6) is -4.40. The third kappa shape index (κ3) is 11.3. The number of alkyl halides is 3. The van der Waals surface area contributed by atoms with Crippen molar-refractivity contribution in [3.8, 4) is 23.0 Å². The second kappa shape index (κ2) is 21.0. The quantitative estimate of drug-likeness (QED) is 0.0371. The van der Waals surface area contributed by atoms with Crippen molar-refractivity contribution in [2.24, 2.45) is 10.8 Å². The van der Waals surface area contributed by atoms with Crippen molar-refractivity contribution in [1.82, 2.24) is 10.6 Å². The van der Waals surface area contributed by atoms with Gasteiger partial charge in [0, 0.05) is 54.0 Å². The van der Waals surface area contributed by atoms with Gasteiger partial charge < -0.3 is 39.2 Å². The maximum atomic E-state index is 14.3. The molecule has 0 aliphatic carbocycles. The van der Waals surface area contributed by atoms with E-state index in [1.807, 2.05) is 0 Å². The summed E-state index contributed by atoms with van der Waals surface area (Å²) in [6.45, 7) is 10.1. The first-order chi connectivity index (χ1) is 32.0. The molecule has 0 radical (unpaired) electrons. The molecule has 3 N–H and O–H groups in total.